The molecule has 2 rings (SSSR count). The maximum absolute atomic E-state index is 10.0. The lowest BCUT2D eigenvalue weighted by atomic mass is 10.0. The van der Waals surface area contributed by atoms with Crippen LogP contribution >= 0.6 is 33.9 Å². The van der Waals surface area contributed by atoms with Crippen LogP contribution in [0.5, 0.6) is 0 Å². The van der Waals surface area contributed by atoms with Crippen LogP contribution in [-0.2, 0) is 6.42 Å². The van der Waals surface area contributed by atoms with Crippen molar-refractivity contribution in [3.8, 4) is 0 Å². The van der Waals surface area contributed by atoms with Crippen LogP contribution in [0.3, 0.4) is 0 Å². The molecule has 0 saturated carbocycles. The molecule has 0 saturated heterocycles. The van der Waals surface area contributed by atoms with E-state index in [4.69, 9.17) is 0 Å². The van der Waals surface area contributed by atoms with Crippen molar-refractivity contribution in [1.29, 1.82) is 0 Å². The van der Waals surface area contributed by atoms with E-state index >= 15 is 0 Å². The lowest BCUT2D eigenvalue weighted by molar-refractivity contribution is 0.168. The quantitative estimate of drug-likeness (QED) is 0.831. The van der Waals surface area contributed by atoms with Crippen molar-refractivity contribution in [2.75, 3.05) is 0 Å². The molecule has 1 aromatic carbocycles. The molecule has 0 fully saturated rings. The Morgan fingerprint density at radius 1 is 1.19 bits per heavy atom. The van der Waals surface area contributed by atoms with Gasteiger partial charge in [0.25, 0.3) is 0 Å². The van der Waals surface area contributed by atoms with Gasteiger partial charge in [-0.3, -0.25) is 0 Å². The van der Waals surface area contributed by atoms with E-state index in [2.05, 4.69) is 40.1 Å². The van der Waals surface area contributed by atoms with Gasteiger partial charge in [-0.2, -0.15) is 0 Å². The van der Waals surface area contributed by atoms with Gasteiger partial charge in [-0.05, 0) is 64.6 Å². The second-order valence-corrected chi connectivity index (χ2v) is 5.96. The van der Waals surface area contributed by atoms with Crippen LogP contribution < -0.4 is 0 Å². The van der Waals surface area contributed by atoms with Gasteiger partial charge in [0, 0.05) is 8.45 Å². The molecule has 3 heteroatoms. The first-order valence-electron chi connectivity index (χ1n) is 5.21. The molecule has 1 atom stereocenters. The lowest BCUT2D eigenvalue weighted by Crippen LogP contribution is -1.98. The molecule has 0 spiro atoms. The molecule has 16 heavy (non-hydrogen) atoms. The Bertz CT molecular complexity index is 422. The zero-order chi connectivity index (χ0) is 11.4. The Morgan fingerprint density at radius 2 is 1.94 bits per heavy atom. The highest BCUT2D eigenvalue weighted by Crippen LogP contribution is 2.21. The van der Waals surface area contributed by atoms with E-state index in [1.807, 2.05) is 24.3 Å². The van der Waals surface area contributed by atoms with E-state index in [1.165, 1.54) is 8.45 Å². The summed E-state index contributed by atoms with van der Waals surface area (Å²) in [5, 5.41) is 12.1. The summed E-state index contributed by atoms with van der Waals surface area (Å²) in [7, 11) is 0. The number of benzene rings is 1. The Balaban J connectivity index is 1.93. The van der Waals surface area contributed by atoms with Crippen molar-refractivity contribution < 1.29 is 5.11 Å². The van der Waals surface area contributed by atoms with Crippen LogP contribution in [0.2, 0.25) is 0 Å². The molecule has 1 N–H and O–H groups in total. The highest BCUT2D eigenvalue weighted by Gasteiger charge is 2.07. The van der Waals surface area contributed by atoms with Crippen molar-refractivity contribution >= 4 is 33.9 Å². The average Bonchev–Trinajstić information content (AvgIpc) is 2.80. The summed E-state index contributed by atoms with van der Waals surface area (Å²) in [6.45, 7) is 0. The molecule has 1 heterocycles. The standard InChI is InChI=1S/C13H13IOS/c14-11-5-3-10(4-6-11)13(15)8-7-12-2-1-9-16-12/h1-6,9,13,15H,7-8H2. The van der Waals surface area contributed by atoms with E-state index in [-0.39, 0.29) is 6.10 Å². The minimum absolute atomic E-state index is 0.348. The van der Waals surface area contributed by atoms with Gasteiger partial charge >= 0.3 is 0 Å². The number of hydrogen-bond donors (Lipinski definition) is 1. The van der Waals surface area contributed by atoms with E-state index in [1.54, 1.807) is 11.3 Å². The third kappa shape index (κ3) is 3.30. The molecule has 0 bridgehead atoms. The van der Waals surface area contributed by atoms with E-state index in [0.717, 1.165) is 18.4 Å². The van der Waals surface area contributed by atoms with Gasteiger partial charge in [-0.25, -0.2) is 0 Å². The van der Waals surface area contributed by atoms with Gasteiger partial charge in [0.15, 0.2) is 0 Å². The smallest absolute Gasteiger partial charge is 0.0793 e. The molecular formula is C13H13IOS. The minimum Gasteiger partial charge on any atom is -0.388 e. The van der Waals surface area contributed by atoms with Gasteiger partial charge in [0.1, 0.15) is 0 Å². The Kier molecular flexibility index (Phi) is 4.37. The molecular weight excluding hydrogens is 331 g/mol. The highest BCUT2D eigenvalue weighted by atomic mass is 127. The normalized spacial score (nSPS) is 12.6. The summed E-state index contributed by atoms with van der Waals surface area (Å²) >= 11 is 4.02. The third-order valence-electron chi connectivity index (χ3n) is 2.50. The second kappa shape index (κ2) is 5.80. The maximum atomic E-state index is 10.0. The zero-order valence-electron chi connectivity index (χ0n) is 8.77. The first kappa shape index (κ1) is 12.1. The number of hydrogen-bond acceptors (Lipinski definition) is 2. The van der Waals surface area contributed by atoms with Gasteiger partial charge in [0.2, 0.25) is 0 Å². The maximum Gasteiger partial charge on any atom is 0.0793 e. The van der Waals surface area contributed by atoms with Crippen LogP contribution in [-0.4, -0.2) is 5.11 Å². The molecule has 1 nitrogen and oxygen atoms in total. The predicted octanol–water partition coefficient (Wildman–Crippen LogP) is 4.02. The first-order valence-corrected chi connectivity index (χ1v) is 7.17. The highest BCUT2D eigenvalue weighted by molar-refractivity contribution is 14.1. The predicted molar refractivity (Wildman–Crippen MR) is 76.8 cm³/mol. The van der Waals surface area contributed by atoms with Crippen LogP contribution in [0.15, 0.2) is 41.8 Å². The van der Waals surface area contributed by atoms with E-state index in [0.29, 0.717) is 0 Å². The monoisotopic (exact) mass is 344 g/mol. The first-order chi connectivity index (χ1) is 7.75. The summed E-state index contributed by atoms with van der Waals surface area (Å²) in [5.74, 6) is 0. The Labute approximate surface area is 113 Å². The van der Waals surface area contributed by atoms with Crippen molar-refractivity contribution in [2.24, 2.45) is 0 Å². The molecule has 1 unspecified atom stereocenters. The second-order valence-electron chi connectivity index (χ2n) is 3.69. The summed E-state index contributed by atoms with van der Waals surface area (Å²) in [6.07, 6.45) is 1.39. The fraction of sp³-hybridized carbons (Fsp3) is 0.231. The topological polar surface area (TPSA) is 20.2 Å². The summed E-state index contributed by atoms with van der Waals surface area (Å²) in [6, 6.07) is 12.2. The number of aliphatic hydroxyl groups is 1. The molecule has 1 aromatic heterocycles. The lowest BCUT2D eigenvalue weighted by Gasteiger charge is -2.10. The zero-order valence-corrected chi connectivity index (χ0v) is 11.7. The van der Waals surface area contributed by atoms with Crippen LogP contribution in [0.1, 0.15) is 23.0 Å². The molecule has 0 amide bonds. The Hall–Kier alpha value is -0.390. The van der Waals surface area contributed by atoms with E-state index < -0.39 is 0 Å². The number of aliphatic hydroxyl groups excluding tert-OH is 1. The molecule has 0 aliphatic rings. The largest absolute Gasteiger partial charge is 0.388 e. The number of rotatable bonds is 4. The Morgan fingerprint density at radius 3 is 2.56 bits per heavy atom. The van der Waals surface area contributed by atoms with Gasteiger partial charge in [-0.15, -0.1) is 11.3 Å². The summed E-state index contributed by atoms with van der Waals surface area (Å²) in [4.78, 5) is 1.34. The fourth-order valence-electron chi connectivity index (χ4n) is 1.59. The van der Waals surface area contributed by atoms with Gasteiger partial charge < -0.3 is 5.11 Å². The minimum atomic E-state index is -0.348. The summed E-state index contributed by atoms with van der Waals surface area (Å²) in [5.41, 5.74) is 1.01. The SMILES string of the molecule is OC(CCc1cccs1)c1ccc(I)cc1. The fourth-order valence-corrected chi connectivity index (χ4v) is 2.67. The number of aryl methyl sites for hydroxylation is 1. The van der Waals surface area contributed by atoms with Gasteiger partial charge in [-0.1, -0.05) is 18.2 Å². The van der Waals surface area contributed by atoms with Crippen molar-refractivity contribution in [3.05, 3.63) is 55.8 Å². The average molecular weight is 344 g/mol. The van der Waals surface area contributed by atoms with Crippen LogP contribution in [0, 0.1) is 3.57 Å². The van der Waals surface area contributed by atoms with Crippen molar-refractivity contribution in [1.82, 2.24) is 0 Å². The van der Waals surface area contributed by atoms with E-state index in [9.17, 15) is 5.11 Å². The number of thiophene rings is 1. The van der Waals surface area contributed by atoms with Gasteiger partial charge in [0.05, 0.1) is 6.10 Å². The molecule has 0 aliphatic carbocycles. The van der Waals surface area contributed by atoms with Crippen molar-refractivity contribution in [3.63, 3.8) is 0 Å². The third-order valence-corrected chi connectivity index (χ3v) is 4.15. The molecule has 0 radical (unpaired) electrons. The van der Waals surface area contributed by atoms with Crippen LogP contribution in [0.25, 0.3) is 0 Å². The molecule has 84 valence electrons. The number of halogens is 1. The van der Waals surface area contributed by atoms with Crippen LogP contribution in [0.4, 0.5) is 0 Å². The molecule has 2 aromatic rings. The summed E-state index contributed by atoms with van der Waals surface area (Å²) < 4.78 is 1.20. The molecule has 0 aliphatic heterocycles. The van der Waals surface area contributed by atoms with Crippen molar-refractivity contribution in [2.45, 2.75) is 18.9 Å².